The zero-order valence-corrected chi connectivity index (χ0v) is 7.88. The van der Waals surface area contributed by atoms with E-state index in [2.05, 4.69) is 9.97 Å². The smallest absolute Gasteiger partial charge is 0.159 e. The van der Waals surface area contributed by atoms with Crippen molar-refractivity contribution in [3.8, 4) is 17.3 Å². The molecule has 0 unspecified atom stereocenters. The maximum Gasteiger partial charge on any atom is 0.159 e. The van der Waals surface area contributed by atoms with E-state index in [0.717, 1.165) is 5.56 Å². The van der Waals surface area contributed by atoms with Gasteiger partial charge in [-0.25, -0.2) is 4.98 Å². The quantitative estimate of drug-likeness (QED) is 0.703. The van der Waals surface area contributed by atoms with Crippen molar-refractivity contribution in [3.63, 3.8) is 0 Å². The van der Waals surface area contributed by atoms with Crippen LogP contribution in [0.5, 0.6) is 0 Å². The average Bonchev–Trinajstić information content (AvgIpc) is 2.30. The number of nitriles is 1. The van der Waals surface area contributed by atoms with Crippen LogP contribution < -0.4 is 5.73 Å². The van der Waals surface area contributed by atoms with Gasteiger partial charge in [0.15, 0.2) is 5.69 Å². The van der Waals surface area contributed by atoms with Crippen LogP contribution >= 0.6 is 0 Å². The molecule has 0 fully saturated rings. The van der Waals surface area contributed by atoms with E-state index in [9.17, 15) is 0 Å². The highest BCUT2D eigenvalue weighted by Crippen LogP contribution is 2.17. The van der Waals surface area contributed by atoms with Crippen molar-refractivity contribution in [3.05, 3.63) is 42.4 Å². The van der Waals surface area contributed by atoms with Crippen LogP contribution in [0.15, 0.2) is 36.7 Å². The maximum absolute atomic E-state index is 8.68. The monoisotopic (exact) mass is 196 g/mol. The lowest BCUT2D eigenvalue weighted by Gasteiger charge is -2.00. The molecular weight excluding hydrogens is 188 g/mol. The van der Waals surface area contributed by atoms with Gasteiger partial charge in [-0.2, -0.15) is 5.26 Å². The minimum atomic E-state index is 0.310. The fourth-order valence-electron chi connectivity index (χ4n) is 1.21. The van der Waals surface area contributed by atoms with E-state index in [-0.39, 0.29) is 0 Å². The molecule has 0 saturated carbocycles. The van der Waals surface area contributed by atoms with E-state index in [1.165, 1.54) is 6.20 Å². The van der Waals surface area contributed by atoms with Crippen LogP contribution in [-0.4, -0.2) is 9.97 Å². The second-order valence-electron chi connectivity index (χ2n) is 3.02. The van der Waals surface area contributed by atoms with Gasteiger partial charge in [-0.3, -0.25) is 4.98 Å². The number of hydrogen-bond acceptors (Lipinski definition) is 4. The first-order valence-corrected chi connectivity index (χ1v) is 4.37. The van der Waals surface area contributed by atoms with Gasteiger partial charge in [0.25, 0.3) is 0 Å². The summed E-state index contributed by atoms with van der Waals surface area (Å²) in [5.41, 5.74) is 8.15. The summed E-state index contributed by atoms with van der Waals surface area (Å²) in [6.45, 7) is 0. The van der Waals surface area contributed by atoms with Crippen LogP contribution in [0.4, 0.5) is 5.69 Å². The van der Waals surface area contributed by atoms with Gasteiger partial charge in [0, 0.05) is 11.3 Å². The molecule has 0 bridgehead atoms. The maximum atomic E-state index is 8.68. The Labute approximate surface area is 87.0 Å². The van der Waals surface area contributed by atoms with Crippen LogP contribution in [0.1, 0.15) is 5.69 Å². The van der Waals surface area contributed by atoms with Crippen LogP contribution in [0.25, 0.3) is 11.3 Å². The molecule has 72 valence electrons. The van der Waals surface area contributed by atoms with Gasteiger partial charge in [-0.1, -0.05) is 12.1 Å². The predicted octanol–water partition coefficient (Wildman–Crippen LogP) is 1.60. The molecule has 0 saturated heterocycles. The van der Waals surface area contributed by atoms with E-state index in [0.29, 0.717) is 17.1 Å². The van der Waals surface area contributed by atoms with Crippen molar-refractivity contribution in [1.82, 2.24) is 9.97 Å². The van der Waals surface area contributed by atoms with Crippen molar-refractivity contribution in [1.29, 1.82) is 5.26 Å². The molecule has 1 heterocycles. The Morgan fingerprint density at radius 1 is 1.13 bits per heavy atom. The number of rotatable bonds is 1. The highest BCUT2D eigenvalue weighted by atomic mass is 14.8. The largest absolute Gasteiger partial charge is 0.399 e. The molecule has 2 aromatic rings. The Bertz CT molecular complexity index is 511. The molecular formula is C11H8N4. The topological polar surface area (TPSA) is 75.6 Å². The third kappa shape index (κ3) is 1.92. The van der Waals surface area contributed by atoms with Gasteiger partial charge in [0.1, 0.15) is 6.07 Å². The van der Waals surface area contributed by atoms with Gasteiger partial charge in [0.05, 0.1) is 18.1 Å². The zero-order chi connectivity index (χ0) is 10.7. The molecule has 0 aliphatic heterocycles. The minimum absolute atomic E-state index is 0.310. The number of aromatic nitrogens is 2. The molecule has 2 rings (SSSR count). The van der Waals surface area contributed by atoms with Crippen LogP contribution in [-0.2, 0) is 0 Å². The van der Waals surface area contributed by atoms with E-state index < -0.39 is 0 Å². The Balaban J connectivity index is 2.46. The van der Waals surface area contributed by atoms with Gasteiger partial charge < -0.3 is 5.73 Å². The fraction of sp³-hybridized carbons (Fsp3) is 0. The first-order chi connectivity index (χ1) is 7.29. The van der Waals surface area contributed by atoms with E-state index in [1.54, 1.807) is 18.3 Å². The summed E-state index contributed by atoms with van der Waals surface area (Å²) in [5.74, 6) is 0. The molecule has 4 heteroatoms. The lowest BCUT2D eigenvalue weighted by atomic mass is 10.1. The molecule has 0 aliphatic rings. The summed E-state index contributed by atoms with van der Waals surface area (Å²) >= 11 is 0. The summed E-state index contributed by atoms with van der Waals surface area (Å²) in [6.07, 6.45) is 3.05. The van der Waals surface area contributed by atoms with Crippen LogP contribution in [0, 0.1) is 11.3 Å². The van der Waals surface area contributed by atoms with Crippen molar-refractivity contribution >= 4 is 5.69 Å². The highest BCUT2D eigenvalue weighted by Gasteiger charge is 2.00. The second kappa shape index (κ2) is 3.76. The SMILES string of the molecule is N#Cc1cncc(-c2ccc(N)cc2)n1. The standard InChI is InChI=1S/C11H8N4/c12-5-10-6-14-7-11(15-10)8-1-3-9(13)4-2-8/h1-4,6-7H,13H2. The Hall–Kier alpha value is -2.41. The lowest BCUT2D eigenvalue weighted by Crippen LogP contribution is -1.90. The van der Waals surface area contributed by atoms with Gasteiger partial charge in [-0.05, 0) is 12.1 Å². The van der Waals surface area contributed by atoms with Gasteiger partial charge in [0.2, 0.25) is 0 Å². The Morgan fingerprint density at radius 3 is 2.53 bits per heavy atom. The normalized spacial score (nSPS) is 9.53. The Kier molecular flexibility index (Phi) is 2.30. The minimum Gasteiger partial charge on any atom is -0.399 e. The molecule has 1 aromatic carbocycles. The number of nitrogen functional groups attached to an aromatic ring is 1. The third-order valence-electron chi connectivity index (χ3n) is 1.96. The number of hydrogen-bond donors (Lipinski definition) is 1. The molecule has 2 N–H and O–H groups in total. The Morgan fingerprint density at radius 2 is 1.87 bits per heavy atom. The summed E-state index contributed by atoms with van der Waals surface area (Å²) in [7, 11) is 0. The summed E-state index contributed by atoms with van der Waals surface area (Å²) in [6, 6.07) is 9.22. The molecule has 15 heavy (non-hydrogen) atoms. The zero-order valence-electron chi connectivity index (χ0n) is 7.88. The molecule has 0 aliphatic carbocycles. The highest BCUT2D eigenvalue weighted by molar-refractivity contribution is 5.61. The average molecular weight is 196 g/mol. The van der Waals surface area contributed by atoms with Crippen molar-refractivity contribution in [2.24, 2.45) is 0 Å². The number of nitrogens with zero attached hydrogens (tertiary/aromatic N) is 3. The number of benzene rings is 1. The third-order valence-corrected chi connectivity index (χ3v) is 1.96. The molecule has 0 spiro atoms. The molecule has 0 radical (unpaired) electrons. The van der Waals surface area contributed by atoms with Crippen molar-refractivity contribution < 1.29 is 0 Å². The number of nitrogens with two attached hydrogens (primary N) is 1. The predicted molar refractivity (Wildman–Crippen MR) is 56.6 cm³/mol. The van der Waals surface area contributed by atoms with Crippen LogP contribution in [0.2, 0.25) is 0 Å². The lowest BCUT2D eigenvalue weighted by molar-refractivity contribution is 1.17. The first-order valence-electron chi connectivity index (χ1n) is 4.37. The number of anilines is 1. The van der Waals surface area contributed by atoms with Crippen molar-refractivity contribution in [2.45, 2.75) is 0 Å². The molecule has 1 aromatic heterocycles. The van der Waals surface area contributed by atoms with Gasteiger partial charge >= 0.3 is 0 Å². The van der Waals surface area contributed by atoms with Gasteiger partial charge in [-0.15, -0.1) is 0 Å². The van der Waals surface area contributed by atoms with E-state index in [1.807, 2.05) is 18.2 Å². The van der Waals surface area contributed by atoms with Crippen LogP contribution in [0.3, 0.4) is 0 Å². The summed E-state index contributed by atoms with van der Waals surface area (Å²) in [4.78, 5) is 8.06. The summed E-state index contributed by atoms with van der Waals surface area (Å²) < 4.78 is 0. The molecule has 0 amide bonds. The summed E-state index contributed by atoms with van der Waals surface area (Å²) in [5, 5.41) is 8.68. The van der Waals surface area contributed by atoms with E-state index in [4.69, 9.17) is 11.0 Å². The molecule has 4 nitrogen and oxygen atoms in total. The second-order valence-corrected chi connectivity index (χ2v) is 3.02. The fourth-order valence-corrected chi connectivity index (χ4v) is 1.21. The van der Waals surface area contributed by atoms with Crippen molar-refractivity contribution in [2.75, 3.05) is 5.73 Å². The first kappa shape index (κ1) is 9.16. The molecule has 0 atom stereocenters. The van der Waals surface area contributed by atoms with E-state index >= 15 is 0 Å².